The van der Waals surface area contributed by atoms with E-state index in [0.717, 1.165) is 29.4 Å². The number of esters is 1. The molecular formula is C23H19I2NO7S. The number of ether oxygens (including phenoxy) is 2. The van der Waals surface area contributed by atoms with E-state index < -0.39 is 29.6 Å². The molecule has 11 heteroatoms. The number of rotatable bonds is 8. The highest BCUT2D eigenvalue weighted by molar-refractivity contribution is 14.1. The highest BCUT2D eigenvalue weighted by Crippen LogP contribution is 2.35. The Morgan fingerprint density at radius 1 is 1.12 bits per heavy atom. The molecule has 178 valence electrons. The van der Waals surface area contributed by atoms with Crippen molar-refractivity contribution in [3.05, 3.63) is 65.1 Å². The van der Waals surface area contributed by atoms with Crippen molar-refractivity contribution in [2.24, 2.45) is 0 Å². The predicted molar refractivity (Wildman–Crippen MR) is 144 cm³/mol. The van der Waals surface area contributed by atoms with Crippen molar-refractivity contribution in [1.82, 2.24) is 4.90 Å². The Labute approximate surface area is 227 Å². The maximum atomic E-state index is 12.6. The van der Waals surface area contributed by atoms with Crippen LogP contribution in [0.5, 0.6) is 5.75 Å². The second-order valence-electron chi connectivity index (χ2n) is 7.41. The van der Waals surface area contributed by atoms with E-state index in [0.29, 0.717) is 11.3 Å². The lowest BCUT2D eigenvalue weighted by atomic mass is 10.1. The number of thioether (sulfide) groups is 1. The van der Waals surface area contributed by atoms with Gasteiger partial charge in [-0.1, -0.05) is 12.1 Å². The van der Waals surface area contributed by atoms with Crippen LogP contribution < -0.4 is 4.74 Å². The number of carboxylic acid groups (broad SMARTS) is 1. The van der Waals surface area contributed by atoms with Gasteiger partial charge in [0.1, 0.15) is 18.9 Å². The van der Waals surface area contributed by atoms with E-state index in [4.69, 9.17) is 14.6 Å². The lowest BCUT2D eigenvalue weighted by Gasteiger charge is -2.13. The van der Waals surface area contributed by atoms with E-state index in [1.54, 1.807) is 32.1 Å². The molecule has 2 aromatic carbocycles. The van der Waals surface area contributed by atoms with Crippen molar-refractivity contribution in [3.8, 4) is 5.75 Å². The summed E-state index contributed by atoms with van der Waals surface area (Å²) in [4.78, 5) is 48.8. The van der Waals surface area contributed by atoms with E-state index >= 15 is 0 Å². The van der Waals surface area contributed by atoms with E-state index in [2.05, 4.69) is 45.2 Å². The molecule has 1 aliphatic rings. The van der Waals surface area contributed by atoms with Gasteiger partial charge in [0.25, 0.3) is 11.1 Å². The number of benzene rings is 2. The molecule has 0 saturated carbocycles. The maximum absolute atomic E-state index is 12.6. The van der Waals surface area contributed by atoms with Crippen molar-refractivity contribution < 1.29 is 33.8 Å². The molecule has 1 N–H and O–H groups in total. The summed E-state index contributed by atoms with van der Waals surface area (Å²) in [7, 11) is 0. The molecule has 0 aromatic heterocycles. The summed E-state index contributed by atoms with van der Waals surface area (Å²) >= 11 is 5.03. The fraction of sp³-hybridized carbons (Fsp3) is 0.217. The Kier molecular flexibility index (Phi) is 8.98. The van der Waals surface area contributed by atoms with Crippen LogP contribution in [0.4, 0.5) is 4.79 Å². The topological polar surface area (TPSA) is 110 Å². The Balaban J connectivity index is 1.71. The van der Waals surface area contributed by atoms with Gasteiger partial charge in [0, 0.05) is 0 Å². The van der Waals surface area contributed by atoms with Gasteiger partial charge in [-0.25, -0.2) is 4.79 Å². The molecule has 1 saturated heterocycles. The smallest absolute Gasteiger partial charge is 0.335 e. The summed E-state index contributed by atoms with van der Waals surface area (Å²) in [5.41, 5.74) is 1.74. The quantitative estimate of drug-likeness (QED) is 0.228. The number of halogens is 2. The minimum atomic E-state index is -0.986. The summed E-state index contributed by atoms with van der Waals surface area (Å²) in [6, 6.07) is 10.1. The van der Waals surface area contributed by atoms with E-state index in [1.165, 1.54) is 12.1 Å². The van der Waals surface area contributed by atoms with Crippen LogP contribution in [0.1, 0.15) is 35.3 Å². The molecule has 34 heavy (non-hydrogen) atoms. The second kappa shape index (κ2) is 11.5. The number of hydrogen-bond donors (Lipinski definition) is 1. The molecule has 0 unspecified atom stereocenters. The van der Waals surface area contributed by atoms with Crippen LogP contribution in [0.3, 0.4) is 0 Å². The number of carbonyl (C=O) groups excluding carboxylic acids is 3. The summed E-state index contributed by atoms with van der Waals surface area (Å²) in [6.45, 7) is 3.22. The number of aromatic carboxylic acids is 1. The van der Waals surface area contributed by atoms with Crippen LogP contribution in [-0.2, 0) is 20.9 Å². The van der Waals surface area contributed by atoms with E-state index in [9.17, 15) is 19.2 Å². The molecule has 0 atom stereocenters. The van der Waals surface area contributed by atoms with Gasteiger partial charge < -0.3 is 14.6 Å². The molecule has 0 spiro atoms. The fourth-order valence-corrected chi connectivity index (χ4v) is 5.88. The molecule has 8 nitrogen and oxygen atoms in total. The van der Waals surface area contributed by atoms with Crippen molar-refractivity contribution in [2.75, 3.05) is 6.54 Å². The molecule has 1 heterocycles. The van der Waals surface area contributed by atoms with Crippen LogP contribution in [0.2, 0.25) is 0 Å². The highest BCUT2D eigenvalue weighted by atomic mass is 127. The third-order valence-corrected chi connectivity index (χ3v) is 6.94. The summed E-state index contributed by atoms with van der Waals surface area (Å²) < 4.78 is 12.6. The van der Waals surface area contributed by atoms with Crippen LogP contribution >= 0.6 is 56.9 Å². The average molecular weight is 707 g/mol. The Bertz CT molecular complexity index is 1160. The standard InChI is InChI=1S/C23H19I2NO7S/c1-12(2)33-19(27)10-26-21(28)18(34-23(26)31)9-14-7-16(24)20(17(25)8-14)32-11-13-3-5-15(6-4-13)22(29)30/h3-9,12H,10-11H2,1-2H3,(H,29,30)/b18-9+. The third kappa shape index (κ3) is 6.72. The first-order chi connectivity index (χ1) is 16.0. The van der Waals surface area contributed by atoms with Crippen molar-refractivity contribution >= 4 is 86.1 Å². The first-order valence-corrected chi connectivity index (χ1v) is 12.9. The molecule has 2 amide bonds. The van der Waals surface area contributed by atoms with Gasteiger partial charge in [0.2, 0.25) is 0 Å². The van der Waals surface area contributed by atoms with Gasteiger partial charge in [-0.05, 0) is 112 Å². The van der Waals surface area contributed by atoms with Gasteiger partial charge in [-0.15, -0.1) is 0 Å². The SMILES string of the molecule is CC(C)OC(=O)CN1C(=O)S/C(=C/c2cc(I)c(OCc3ccc(C(=O)O)cc3)c(I)c2)C1=O. The van der Waals surface area contributed by atoms with Gasteiger partial charge in [-0.2, -0.15) is 0 Å². The van der Waals surface area contributed by atoms with Gasteiger partial charge >= 0.3 is 11.9 Å². The minimum Gasteiger partial charge on any atom is -0.487 e. The molecular weight excluding hydrogens is 688 g/mol. The maximum Gasteiger partial charge on any atom is 0.335 e. The number of hydrogen-bond acceptors (Lipinski definition) is 7. The first-order valence-electron chi connectivity index (χ1n) is 9.94. The predicted octanol–water partition coefficient (Wildman–Crippen LogP) is 5.16. The molecule has 3 rings (SSSR count). The van der Waals surface area contributed by atoms with Crippen LogP contribution in [-0.4, -0.2) is 45.7 Å². The molecule has 1 fully saturated rings. The molecule has 1 aliphatic heterocycles. The van der Waals surface area contributed by atoms with Crippen LogP contribution in [0.15, 0.2) is 41.3 Å². The minimum absolute atomic E-state index is 0.207. The largest absolute Gasteiger partial charge is 0.487 e. The number of amides is 2. The van der Waals surface area contributed by atoms with Gasteiger partial charge in [0.05, 0.1) is 23.7 Å². The number of carboxylic acids is 1. The monoisotopic (exact) mass is 707 g/mol. The lowest BCUT2D eigenvalue weighted by Crippen LogP contribution is -2.35. The lowest BCUT2D eigenvalue weighted by molar-refractivity contribution is -0.149. The van der Waals surface area contributed by atoms with Crippen LogP contribution in [0, 0.1) is 7.14 Å². The molecule has 0 radical (unpaired) electrons. The summed E-state index contributed by atoms with van der Waals surface area (Å²) in [5.74, 6) is -1.50. The zero-order valence-electron chi connectivity index (χ0n) is 18.0. The fourth-order valence-electron chi connectivity index (χ4n) is 2.92. The van der Waals surface area contributed by atoms with Gasteiger partial charge in [0.15, 0.2) is 0 Å². The zero-order chi connectivity index (χ0) is 25.0. The molecule has 2 aromatic rings. The number of imide groups is 1. The van der Waals surface area contributed by atoms with Crippen LogP contribution in [0.25, 0.3) is 6.08 Å². The summed E-state index contributed by atoms with van der Waals surface area (Å²) in [6.07, 6.45) is 1.27. The third-order valence-electron chi connectivity index (χ3n) is 4.43. The number of nitrogens with zero attached hydrogens (tertiary/aromatic N) is 1. The second-order valence-corrected chi connectivity index (χ2v) is 10.7. The number of carbonyl (C=O) groups is 4. The Hall–Kier alpha value is -2.13. The molecule has 0 aliphatic carbocycles. The van der Waals surface area contributed by atoms with Crippen molar-refractivity contribution in [3.63, 3.8) is 0 Å². The van der Waals surface area contributed by atoms with E-state index in [-0.39, 0.29) is 23.2 Å². The van der Waals surface area contributed by atoms with E-state index in [1.807, 2.05) is 12.1 Å². The highest BCUT2D eigenvalue weighted by Gasteiger charge is 2.36. The van der Waals surface area contributed by atoms with Gasteiger partial charge in [-0.3, -0.25) is 19.3 Å². The average Bonchev–Trinajstić information content (AvgIpc) is 3.00. The first kappa shape index (κ1) is 26.5. The van der Waals surface area contributed by atoms with Crippen molar-refractivity contribution in [2.45, 2.75) is 26.6 Å². The summed E-state index contributed by atoms with van der Waals surface area (Å²) in [5, 5.41) is 8.48. The Morgan fingerprint density at radius 2 is 1.74 bits per heavy atom. The molecule has 0 bridgehead atoms. The Morgan fingerprint density at radius 3 is 2.29 bits per heavy atom. The zero-order valence-corrected chi connectivity index (χ0v) is 23.2. The normalized spacial score (nSPS) is 14.7. The van der Waals surface area contributed by atoms with Crippen molar-refractivity contribution in [1.29, 1.82) is 0 Å².